The maximum absolute atomic E-state index is 10.9. The first-order valence-corrected chi connectivity index (χ1v) is 5.48. The number of nitrogens with one attached hydrogen (secondary N) is 1. The standard InChI is InChI=1S/C12H12N2O3/c15-9(11(16)17)12(3-4-12)8-6-14-10-7(8)2-1-5-13-10/h1-2,5-6,9,15H,3-4H2,(H,13,14)(H,16,17). The number of hydrogen-bond acceptors (Lipinski definition) is 3. The molecule has 1 saturated carbocycles. The first-order chi connectivity index (χ1) is 8.15. The molecule has 3 N–H and O–H groups in total. The summed E-state index contributed by atoms with van der Waals surface area (Å²) in [5.74, 6) is -1.17. The van der Waals surface area contributed by atoms with Crippen LogP contribution in [-0.4, -0.2) is 32.3 Å². The highest BCUT2D eigenvalue weighted by Crippen LogP contribution is 2.52. The monoisotopic (exact) mass is 232 g/mol. The lowest BCUT2D eigenvalue weighted by Gasteiger charge is -2.17. The van der Waals surface area contributed by atoms with Crippen molar-refractivity contribution in [3.63, 3.8) is 0 Å². The number of rotatable bonds is 3. The van der Waals surface area contributed by atoms with Gasteiger partial charge < -0.3 is 15.2 Å². The van der Waals surface area contributed by atoms with Crippen LogP contribution in [-0.2, 0) is 10.2 Å². The number of H-pyrrole nitrogens is 1. The predicted molar refractivity (Wildman–Crippen MR) is 60.6 cm³/mol. The van der Waals surface area contributed by atoms with Gasteiger partial charge in [0.2, 0.25) is 0 Å². The van der Waals surface area contributed by atoms with E-state index >= 15 is 0 Å². The first-order valence-electron chi connectivity index (χ1n) is 5.48. The molecular weight excluding hydrogens is 220 g/mol. The predicted octanol–water partition coefficient (Wildman–Crippen LogP) is 1.04. The summed E-state index contributed by atoms with van der Waals surface area (Å²) in [6.07, 6.45) is 3.48. The molecule has 1 aliphatic rings. The molecule has 2 aromatic heterocycles. The van der Waals surface area contributed by atoms with Gasteiger partial charge in [-0.1, -0.05) is 0 Å². The van der Waals surface area contributed by atoms with E-state index in [4.69, 9.17) is 5.11 Å². The van der Waals surface area contributed by atoms with Crippen molar-refractivity contribution < 1.29 is 15.0 Å². The van der Waals surface area contributed by atoms with Crippen LogP contribution in [0.25, 0.3) is 11.0 Å². The molecule has 1 atom stereocenters. The van der Waals surface area contributed by atoms with Crippen LogP contribution in [0.15, 0.2) is 24.5 Å². The van der Waals surface area contributed by atoms with Crippen molar-refractivity contribution in [3.8, 4) is 0 Å². The van der Waals surface area contributed by atoms with Gasteiger partial charge in [0.25, 0.3) is 0 Å². The lowest BCUT2D eigenvalue weighted by molar-refractivity contribution is -0.148. The molecule has 5 nitrogen and oxygen atoms in total. The Labute approximate surface area is 97.1 Å². The second-order valence-corrected chi connectivity index (χ2v) is 4.50. The number of fused-ring (bicyclic) bond motifs is 1. The number of aliphatic hydroxyl groups excluding tert-OH is 1. The van der Waals surface area contributed by atoms with Crippen molar-refractivity contribution in [1.29, 1.82) is 0 Å². The zero-order chi connectivity index (χ0) is 12.0. The summed E-state index contributed by atoms with van der Waals surface area (Å²) in [6.45, 7) is 0. The molecule has 0 radical (unpaired) electrons. The molecule has 1 unspecified atom stereocenters. The summed E-state index contributed by atoms with van der Waals surface area (Å²) < 4.78 is 0. The fourth-order valence-corrected chi connectivity index (χ4v) is 2.43. The molecule has 1 aliphatic carbocycles. The molecule has 1 fully saturated rings. The van der Waals surface area contributed by atoms with Crippen molar-refractivity contribution in [2.75, 3.05) is 0 Å². The van der Waals surface area contributed by atoms with E-state index < -0.39 is 17.5 Å². The topological polar surface area (TPSA) is 86.2 Å². The molecule has 5 heteroatoms. The molecule has 17 heavy (non-hydrogen) atoms. The number of carboxylic acids is 1. The van der Waals surface area contributed by atoms with E-state index in [0.29, 0.717) is 12.8 Å². The molecule has 0 spiro atoms. The number of nitrogens with zero attached hydrogens (tertiary/aromatic N) is 1. The van der Waals surface area contributed by atoms with Crippen LogP contribution in [0.2, 0.25) is 0 Å². The van der Waals surface area contributed by atoms with E-state index in [1.165, 1.54) is 0 Å². The number of carboxylic acid groups (broad SMARTS) is 1. The minimum atomic E-state index is -1.35. The maximum atomic E-state index is 10.9. The van der Waals surface area contributed by atoms with Crippen LogP contribution in [0, 0.1) is 0 Å². The number of hydrogen-bond donors (Lipinski definition) is 3. The Balaban J connectivity index is 2.13. The Kier molecular flexibility index (Phi) is 2.00. The Morgan fingerprint density at radius 3 is 2.94 bits per heavy atom. The fraction of sp³-hybridized carbons (Fsp3) is 0.333. The normalized spacial score (nSPS) is 19.1. The van der Waals surface area contributed by atoms with E-state index in [1.807, 2.05) is 12.1 Å². The Morgan fingerprint density at radius 2 is 2.29 bits per heavy atom. The van der Waals surface area contributed by atoms with E-state index in [2.05, 4.69) is 9.97 Å². The molecular formula is C12H12N2O3. The van der Waals surface area contributed by atoms with Crippen molar-refractivity contribution in [2.45, 2.75) is 24.4 Å². The Hall–Kier alpha value is -1.88. The smallest absolute Gasteiger partial charge is 0.333 e. The third kappa shape index (κ3) is 1.36. The molecule has 0 bridgehead atoms. The van der Waals surface area contributed by atoms with Gasteiger partial charge >= 0.3 is 5.97 Å². The maximum Gasteiger partial charge on any atom is 0.333 e. The minimum Gasteiger partial charge on any atom is -0.479 e. The molecule has 0 aromatic carbocycles. The average Bonchev–Trinajstić information content (AvgIpc) is 3.02. The summed E-state index contributed by atoms with van der Waals surface area (Å²) in [5, 5.41) is 19.7. The summed E-state index contributed by atoms with van der Waals surface area (Å²) in [4.78, 5) is 18.1. The van der Waals surface area contributed by atoms with Crippen molar-refractivity contribution in [3.05, 3.63) is 30.1 Å². The average molecular weight is 232 g/mol. The Morgan fingerprint density at radius 1 is 1.53 bits per heavy atom. The van der Waals surface area contributed by atoms with Crippen LogP contribution in [0.1, 0.15) is 18.4 Å². The SMILES string of the molecule is O=C(O)C(O)C1(c2c[nH]c3ncccc23)CC1. The number of aromatic nitrogens is 2. The van der Waals surface area contributed by atoms with Gasteiger partial charge in [0.1, 0.15) is 5.65 Å². The van der Waals surface area contributed by atoms with Crippen LogP contribution < -0.4 is 0 Å². The summed E-state index contributed by atoms with van der Waals surface area (Å²) in [7, 11) is 0. The van der Waals surface area contributed by atoms with E-state index in [-0.39, 0.29) is 0 Å². The lowest BCUT2D eigenvalue weighted by Crippen LogP contribution is -2.33. The van der Waals surface area contributed by atoms with Gasteiger partial charge in [-0.15, -0.1) is 0 Å². The van der Waals surface area contributed by atoms with E-state index in [1.54, 1.807) is 12.4 Å². The zero-order valence-electron chi connectivity index (χ0n) is 9.05. The number of carbonyl (C=O) groups is 1. The highest BCUT2D eigenvalue weighted by Gasteiger charge is 2.54. The summed E-state index contributed by atoms with van der Waals surface area (Å²) in [5.41, 5.74) is 0.953. The molecule has 2 aromatic rings. The van der Waals surface area contributed by atoms with Gasteiger partial charge in [-0.25, -0.2) is 9.78 Å². The van der Waals surface area contributed by atoms with Gasteiger partial charge in [0.15, 0.2) is 6.10 Å². The molecule has 0 aliphatic heterocycles. The van der Waals surface area contributed by atoms with Crippen molar-refractivity contribution in [2.24, 2.45) is 0 Å². The summed E-state index contributed by atoms with van der Waals surface area (Å²) >= 11 is 0. The molecule has 3 rings (SSSR count). The van der Waals surface area contributed by atoms with E-state index in [0.717, 1.165) is 16.6 Å². The van der Waals surface area contributed by atoms with Crippen LogP contribution in [0.4, 0.5) is 0 Å². The van der Waals surface area contributed by atoms with Crippen LogP contribution >= 0.6 is 0 Å². The largest absolute Gasteiger partial charge is 0.479 e. The number of aliphatic carboxylic acids is 1. The van der Waals surface area contributed by atoms with Crippen molar-refractivity contribution in [1.82, 2.24) is 9.97 Å². The number of pyridine rings is 1. The molecule has 0 amide bonds. The first kappa shape index (κ1) is 10.3. The van der Waals surface area contributed by atoms with E-state index in [9.17, 15) is 9.90 Å². The second-order valence-electron chi connectivity index (χ2n) is 4.50. The van der Waals surface area contributed by atoms with Gasteiger partial charge in [0, 0.05) is 23.2 Å². The van der Waals surface area contributed by atoms with Gasteiger partial charge in [-0.2, -0.15) is 0 Å². The Bertz CT molecular complexity index is 586. The third-order valence-corrected chi connectivity index (χ3v) is 3.53. The van der Waals surface area contributed by atoms with Gasteiger partial charge in [0.05, 0.1) is 0 Å². The second kappa shape index (κ2) is 3.30. The van der Waals surface area contributed by atoms with Crippen LogP contribution in [0.5, 0.6) is 0 Å². The fourth-order valence-electron chi connectivity index (χ4n) is 2.43. The molecule has 88 valence electrons. The number of aromatic amines is 1. The number of aliphatic hydroxyl groups is 1. The third-order valence-electron chi connectivity index (χ3n) is 3.53. The molecule has 0 saturated heterocycles. The van der Waals surface area contributed by atoms with Crippen molar-refractivity contribution >= 4 is 17.0 Å². The zero-order valence-corrected chi connectivity index (χ0v) is 9.05. The summed E-state index contributed by atoms with van der Waals surface area (Å²) in [6, 6.07) is 3.70. The minimum absolute atomic E-state index is 0.632. The van der Waals surface area contributed by atoms with Gasteiger partial charge in [-0.3, -0.25) is 0 Å². The lowest BCUT2D eigenvalue weighted by atomic mass is 9.90. The molecule has 2 heterocycles. The highest BCUT2D eigenvalue weighted by molar-refractivity contribution is 5.84. The quantitative estimate of drug-likeness (QED) is 0.738. The van der Waals surface area contributed by atoms with Crippen LogP contribution in [0.3, 0.4) is 0 Å². The van der Waals surface area contributed by atoms with Gasteiger partial charge in [-0.05, 0) is 30.5 Å². The highest BCUT2D eigenvalue weighted by atomic mass is 16.4.